The number of alkyl halides is 2. The summed E-state index contributed by atoms with van der Waals surface area (Å²) in [5.74, 6) is 7.12. The fourth-order valence-corrected chi connectivity index (χ4v) is 3.53. The second-order valence-corrected chi connectivity index (χ2v) is 8.34. The number of rotatable bonds is 9. The first-order valence-electron chi connectivity index (χ1n) is 11.4. The first-order valence-corrected chi connectivity index (χ1v) is 11.8. The van der Waals surface area contributed by atoms with Crippen molar-refractivity contribution >= 4 is 23.1 Å². The highest BCUT2D eigenvalue weighted by Gasteiger charge is 2.17. The number of nitrogens with zero attached hydrogens (tertiary/aromatic N) is 7. The summed E-state index contributed by atoms with van der Waals surface area (Å²) < 4.78 is 33.8. The van der Waals surface area contributed by atoms with Crippen LogP contribution in [0.4, 0.5) is 20.3 Å². The molecule has 4 aromatic heterocycles. The minimum Gasteiger partial charge on any atom is -0.477 e. The molecule has 13 heteroatoms. The average Bonchev–Trinajstić information content (AvgIpc) is 3.51. The molecule has 192 valence electrons. The van der Waals surface area contributed by atoms with Crippen LogP contribution in [0.25, 0.3) is 11.4 Å². The Labute approximate surface area is 216 Å². The summed E-state index contributed by atoms with van der Waals surface area (Å²) >= 11 is 6.10. The minimum atomic E-state index is -2.72. The predicted molar refractivity (Wildman–Crippen MR) is 135 cm³/mol. The Morgan fingerprint density at radius 3 is 2.76 bits per heavy atom. The van der Waals surface area contributed by atoms with Gasteiger partial charge in [0.1, 0.15) is 16.5 Å². The van der Waals surface area contributed by atoms with Crippen molar-refractivity contribution in [1.82, 2.24) is 34.5 Å². The lowest BCUT2D eigenvalue weighted by atomic mass is 10.2. The molecule has 0 radical (unpaired) electrons. The zero-order valence-electron chi connectivity index (χ0n) is 20.1. The minimum absolute atomic E-state index is 0.0364. The van der Waals surface area contributed by atoms with E-state index in [1.807, 2.05) is 13.8 Å². The molecule has 0 amide bonds. The third kappa shape index (κ3) is 6.50. The van der Waals surface area contributed by atoms with Crippen LogP contribution in [0.15, 0.2) is 43.1 Å². The van der Waals surface area contributed by atoms with Gasteiger partial charge < -0.3 is 15.8 Å². The fourth-order valence-electron chi connectivity index (χ4n) is 3.38. The van der Waals surface area contributed by atoms with E-state index in [2.05, 4.69) is 42.3 Å². The van der Waals surface area contributed by atoms with E-state index < -0.39 is 6.55 Å². The number of nitrogens with two attached hydrogens (primary N) is 1. The molecule has 0 fully saturated rings. The summed E-state index contributed by atoms with van der Waals surface area (Å²) in [6, 6.07) is 3.24. The molecule has 0 bridgehead atoms. The van der Waals surface area contributed by atoms with Crippen LogP contribution in [0.1, 0.15) is 37.9 Å². The largest absolute Gasteiger partial charge is 0.477 e. The number of ether oxygens (including phenoxy) is 1. The number of halogens is 3. The summed E-state index contributed by atoms with van der Waals surface area (Å²) in [7, 11) is 0. The van der Waals surface area contributed by atoms with Gasteiger partial charge in [0.15, 0.2) is 5.82 Å². The molecule has 4 rings (SSSR count). The zero-order chi connectivity index (χ0) is 26.4. The number of aryl methyl sites for hydroxylation is 1. The van der Waals surface area contributed by atoms with Crippen molar-refractivity contribution in [2.45, 2.75) is 39.4 Å². The molecule has 0 aliphatic carbocycles. The summed E-state index contributed by atoms with van der Waals surface area (Å²) in [6.07, 6.45) is 7.85. The lowest BCUT2D eigenvalue weighted by molar-refractivity contribution is 0.0566. The number of hydrogen-bond donors (Lipinski definition) is 2. The third-order valence-electron chi connectivity index (χ3n) is 5.21. The molecule has 10 nitrogen and oxygen atoms in total. The summed E-state index contributed by atoms with van der Waals surface area (Å²) in [6.45, 7) is 2.21. The van der Waals surface area contributed by atoms with Crippen LogP contribution in [0.5, 0.6) is 5.88 Å². The Balaban J connectivity index is 1.43. The third-order valence-corrected chi connectivity index (χ3v) is 5.42. The molecule has 1 atom stereocenters. The summed E-state index contributed by atoms with van der Waals surface area (Å²) in [5.41, 5.74) is 8.04. The van der Waals surface area contributed by atoms with Crippen LogP contribution < -0.4 is 15.8 Å². The average molecular weight is 528 g/mol. The topological polar surface area (TPSA) is 122 Å². The smallest absolute Gasteiger partial charge is 0.333 e. The molecule has 4 aromatic rings. The molecular formula is C24H24ClF2N9O. The van der Waals surface area contributed by atoms with Gasteiger partial charge in [0.25, 0.3) is 0 Å². The van der Waals surface area contributed by atoms with Gasteiger partial charge in [-0.1, -0.05) is 23.4 Å². The highest BCUT2D eigenvalue weighted by atomic mass is 35.5. The molecular weight excluding hydrogens is 504 g/mol. The van der Waals surface area contributed by atoms with E-state index in [-0.39, 0.29) is 6.04 Å². The highest BCUT2D eigenvalue weighted by molar-refractivity contribution is 6.29. The first kappa shape index (κ1) is 25.8. The first-order chi connectivity index (χ1) is 17.8. The van der Waals surface area contributed by atoms with E-state index in [0.29, 0.717) is 69.3 Å². The maximum atomic E-state index is 12.7. The number of nitrogen functional groups attached to an aromatic ring is 1. The van der Waals surface area contributed by atoms with Crippen molar-refractivity contribution in [3.05, 3.63) is 59.4 Å². The monoisotopic (exact) mass is 527 g/mol. The van der Waals surface area contributed by atoms with E-state index >= 15 is 0 Å². The van der Waals surface area contributed by atoms with Crippen molar-refractivity contribution in [1.29, 1.82) is 0 Å². The lowest BCUT2D eigenvalue weighted by Crippen LogP contribution is -2.20. The van der Waals surface area contributed by atoms with Crippen LogP contribution in [0.3, 0.4) is 0 Å². The maximum absolute atomic E-state index is 12.7. The van der Waals surface area contributed by atoms with Crippen molar-refractivity contribution in [2.75, 3.05) is 17.7 Å². The molecule has 0 spiro atoms. The van der Waals surface area contributed by atoms with Crippen LogP contribution in [-0.4, -0.2) is 47.2 Å². The SMILES string of the molecule is CCn1ncc(-c2nccc(N)n2)c1OCC[C@H](C)Nc1cc(Cl)ncc1C#Cc1cnn(C(F)F)c1. The molecule has 0 saturated carbocycles. The highest BCUT2D eigenvalue weighted by Crippen LogP contribution is 2.28. The van der Waals surface area contributed by atoms with Gasteiger partial charge in [0.2, 0.25) is 5.88 Å². The molecule has 0 aliphatic heterocycles. The van der Waals surface area contributed by atoms with E-state index in [1.165, 1.54) is 18.6 Å². The van der Waals surface area contributed by atoms with Gasteiger partial charge in [0, 0.05) is 37.6 Å². The number of aromatic nitrogens is 7. The van der Waals surface area contributed by atoms with Crippen molar-refractivity contribution in [2.24, 2.45) is 0 Å². The van der Waals surface area contributed by atoms with E-state index in [0.717, 1.165) is 0 Å². The number of nitrogens with one attached hydrogen (secondary N) is 1. The molecule has 0 unspecified atom stereocenters. The van der Waals surface area contributed by atoms with Gasteiger partial charge in [-0.25, -0.2) is 24.3 Å². The quantitative estimate of drug-likeness (QED) is 0.245. The number of hydrogen-bond acceptors (Lipinski definition) is 8. The Morgan fingerprint density at radius 1 is 1.19 bits per heavy atom. The predicted octanol–water partition coefficient (Wildman–Crippen LogP) is 4.25. The van der Waals surface area contributed by atoms with Gasteiger partial charge in [-0.2, -0.15) is 19.0 Å². The summed E-state index contributed by atoms with van der Waals surface area (Å²) in [4.78, 5) is 12.6. The van der Waals surface area contributed by atoms with Crippen LogP contribution in [0.2, 0.25) is 5.15 Å². The molecule has 37 heavy (non-hydrogen) atoms. The zero-order valence-corrected chi connectivity index (χ0v) is 20.8. The van der Waals surface area contributed by atoms with Gasteiger partial charge in [-0.15, -0.1) is 0 Å². The van der Waals surface area contributed by atoms with E-state index in [4.69, 9.17) is 22.1 Å². The molecule has 4 heterocycles. The summed E-state index contributed by atoms with van der Waals surface area (Å²) in [5, 5.41) is 11.6. The van der Waals surface area contributed by atoms with Gasteiger partial charge in [0.05, 0.1) is 35.8 Å². The Morgan fingerprint density at radius 2 is 2.03 bits per heavy atom. The van der Waals surface area contributed by atoms with Crippen LogP contribution in [0, 0.1) is 11.8 Å². The van der Waals surface area contributed by atoms with Crippen LogP contribution in [-0.2, 0) is 6.54 Å². The Kier molecular flexibility index (Phi) is 8.15. The lowest BCUT2D eigenvalue weighted by Gasteiger charge is -2.17. The Hall–Kier alpha value is -4.24. The normalized spacial score (nSPS) is 11.7. The maximum Gasteiger partial charge on any atom is 0.333 e. The number of pyridine rings is 1. The van der Waals surface area contributed by atoms with Gasteiger partial charge in [-0.05, 0) is 26.0 Å². The van der Waals surface area contributed by atoms with Gasteiger partial charge >= 0.3 is 6.55 Å². The second-order valence-electron chi connectivity index (χ2n) is 7.96. The molecule has 0 saturated heterocycles. The molecule has 0 aliphatic rings. The van der Waals surface area contributed by atoms with Gasteiger partial charge in [-0.3, -0.25) is 0 Å². The van der Waals surface area contributed by atoms with E-state index in [9.17, 15) is 8.78 Å². The molecule has 0 aromatic carbocycles. The van der Waals surface area contributed by atoms with Crippen molar-refractivity contribution in [3.63, 3.8) is 0 Å². The van der Waals surface area contributed by atoms with E-state index in [1.54, 1.807) is 29.2 Å². The van der Waals surface area contributed by atoms with Crippen molar-refractivity contribution < 1.29 is 13.5 Å². The molecule has 3 N–H and O–H groups in total. The van der Waals surface area contributed by atoms with Crippen LogP contribution >= 0.6 is 11.6 Å². The standard InChI is InChI=1S/C24H24ClF2N9O/c1-3-35-23(18(13-32-35)22-29-8-6-21(28)34-22)37-9-7-15(2)33-19-10-20(25)30-12-17(19)5-4-16-11-31-36(14-16)24(26)27/h6,8,10-15,24H,3,7,9H2,1-2H3,(H,30,33)(H2,28,29,34)/t15-/m0/s1. The fraction of sp³-hybridized carbons (Fsp3) is 0.292. The van der Waals surface area contributed by atoms with Crippen molar-refractivity contribution in [3.8, 4) is 29.1 Å². The number of anilines is 2. The second kappa shape index (κ2) is 11.7. The Bertz CT molecular complexity index is 1430.